The van der Waals surface area contributed by atoms with Crippen LogP contribution in [0.2, 0.25) is 0 Å². The van der Waals surface area contributed by atoms with Gasteiger partial charge in [0, 0.05) is 0 Å². The summed E-state index contributed by atoms with van der Waals surface area (Å²) in [6.45, 7) is 4.70. The van der Waals surface area contributed by atoms with Crippen LogP contribution in [0.1, 0.15) is 52.4 Å². The molecule has 0 spiro atoms. The van der Waals surface area contributed by atoms with Crippen molar-refractivity contribution in [3.05, 3.63) is 5.92 Å². The van der Waals surface area contributed by atoms with Crippen LogP contribution >= 0.6 is 0 Å². The maximum Gasteiger partial charge on any atom is -0.0244 e. The predicted octanol–water partition coefficient (Wildman–Crippen LogP) is 3.57. The molecule has 0 heteroatoms. The van der Waals surface area contributed by atoms with Gasteiger partial charge in [-0.05, 0) is 18.3 Å². The fourth-order valence-electron chi connectivity index (χ4n) is 1.70. The van der Waals surface area contributed by atoms with Crippen LogP contribution in [0.5, 0.6) is 0 Å². The summed E-state index contributed by atoms with van der Waals surface area (Å²) >= 11 is 0. The average Bonchev–Trinajstić information content (AvgIpc) is 1.92. The van der Waals surface area contributed by atoms with Crippen molar-refractivity contribution in [3.63, 3.8) is 0 Å². The Morgan fingerprint density at radius 1 is 1.10 bits per heavy atom. The summed E-state index contributed by atoms with van der Waals surface area (Å²) in [6.07, 6.45) is 8.66. The highest BCUT2D eigenvalue weighted by atomic mass is 14.2. The maximum absolute atomic E-state index is 2.38. The Hall–Kier alpha value is 0. The Kier molecular flexibility index (Phi) is 3.24. The molecule has 1 atom stereocenters. The summed E-state index contributed by atoms with van der Waals surface area (Å²) in [5, 5.41) is 0. The molecule has 0 aromatic rings. The lowest BCUT2D eigenvalue weighted by Gasteiger charge is -2.21. The molecule has 1 radical (unpaired) electrons. The number of hydrogen-bond donors (Lipinski definition) is 0. The van der Waals surface area contributed by atoms with Gasteiger partial charge in [0.2, 0.25) is 0 Å². The normalized spacial score (nSPS) is 31.2. The van der Waals surface area contributed by atoms with Gasteiger partial charge in [-0.1, -0.05) is 46.0 Å². The van der Waals surface area contributed by atoms with Crippen LogP contribution in [0.3, 0.4) is 0 Å². The maximum atomic E-state index is 2.38. The highest BCUT2D eigenvalue weighted by Crippen LogP contribution is 2.28. The van der Waals surface area contributed by atoms with Crippen molar-refractivity contribution in [2.75, 3.05) is 0 Å². The highest BCUT2D eigenvalue weighted by molar-refractivity contribution is 4.90. The van der Waals surface area contributed by atoms with E-state index in [9.17, 15) is 0 Å². The monoisotopic (exact) mass is 139 g/mol. The van der Waals surface area contributed by atoms with Crippen molar-refractivity contribution in [2.45, 2.75) is 52.4 Å². The summed E-state index contributed by atoms with van der Waals surface area (Å²) in [4.78, 5) is 0. The van der Waals surface area contributed by atoms with Crippen molar-refractivity contribution in [3.8, 4) is 0 Å². The van der Waals surface area contributed by atoms with Crippen molar-refractivity contribution in [1.29, 1.82) is 0 Å². The first-order chi connectivity index (χ1) is 4.80. The topological polar surface area (TPSA) is 0 Å². The van der Waals surface area contributed by atoms with Gasteiger partial charge in [0.05, 0.1) is 0 Å². The van der Waals surface area contributed by atoms with E-state index in [1.54, 1.807) is 5.92 Å². The molecule has 0 amide bonds. The molecule has 10 heavy (non-hydrogen) atoms. The van der Waals surface area contributed by atoms with E-state index in [-0.39, 0.29) is 0 Å². The van der Waals surface area contributed by atoms with Crippen LogP contribution in [0.25, 0.3) is 0 Å². The Bertz CT molecular complexity index is 74.0. The van der Waals surface area contributed by atoms with Crippen LogP contribution < -0.4 is 0 Å². The van der Waals surface area contributed by atoms with Gasteiger partial charge >= 0.3 is 0 Å². The Morgan fingerprint density at radius 2 is 1.80 bits per heavy atom. The van der Waals surface area contributed by atoms with Gasteiger partial charge < -0.3 is 0 Å². The summed E-state index contributed by atoms with van der Waals surface area (Å²) in [7, 11) is 0. The van der Waals surface area contributed by atoms with Crippen molar-refractivity contribution in [1.82, 2.24) is 0 Å². The molecular weight excluding hydrogens is 120 g/mol. The Morgan fingerprint density at radius 3 is 2.60 bits per heavy atom. The van der Waals surface area contributed by atoms with Gasteiger partial charge in [-0.3, -0.25) is 0 Å². The zero-order valence-corrected chi connectivity index (χ0v) is 7.32. The van der Waals surface area contributed by atoms with Crippen LogP contribution in [0, 0.1) is 11.8 Å². The molecule has 1 aliphatic carbocycles. The lowest BCUT2D eigenvalue weighted by atomic mass is 9.84. The van der Waals surface area contributed by atoms with Crippen LogP contribution in [0.4, 0.5) is 0 Å². The van der Waals surface area contributed by atoms with Crippen LogP contribution in [-0.4, -0.2) is 0 Å². The van der Waals surface area contributed by atoms with E-state index in [0.29, 0.717) is 0 Å². The fourth-order valence-corrected chi connectivity index (χ4v) is 1.70. The molecule has 1 saturated carbocycles. The zero-order chi connectivity index (χ0) is 7.40. The zero-order valence-electron chi connectivity index (χ0n) is 7.32. The first kappa shape index (κ1) is 8.10. The minimum Gasteiger partial charge on any atom is -0.0620 e. The smallest absolute Gasteiger partial charge is 0.0244 e. The second-order valence-electron chi connectivity index (χ2n) is 3.70. The molecule has 0 heterocycles. The third kappa shape index (κ3) is 2.32. The first-order valence-electron chi connectivity index (χ1n) is 4.63. The van der Waals surface area contributed by atoms with Gasteiger partial charge in [0.15, 0.2) is 0 Å². The number of hydrogen-bond acceptors (Lipinski definition) is 0. The van der Waals surface area contributed by atoms with Crippen molar-refractivity contribution < 1.29 is 0 Å². The van der Waals surface area contributed by atoms with Gasteiger partial charge in [0.1, 0.15) is 0 Å². The number of rotatable bonds is 0. The van der Waals surface area contributed by atoms with E-state index in [1.165, 1.54) is 38.5 Å². The van der Waals surface area contributed by atoms with E-state index in [1.807, 2.05) is 0 Å². The van der Waals surface area contributed by atoms with Crippen LogP contribution in [0.15, 0.2) is 0 Å². The molecule has 0 aromatic carbocycles. The van der Waals surface area contributed by atoms with E-state index >= 15 is 0 Å². The molecule has 1 aliphatic rings. The second-order valence-corrected chi connectivity index (χ2v) is 3.70. The standard InChI is InChI=1S/C10H19/c1-9-7-5-3-4-6-8-10(9)2/h9H,3-8H2,1-2H3. The van der Waals surface area contributed by atoms with Gasteiger partial charge in [-0.25, -0.2) is 0 Å². The molecule has 1 rings (SSSR count). The Labute approximate surface area is 65.0 Å². The minimum absolute atomic E-state index is 0.903. The molecule has 1 unspecified atom stereocenters. The van der Waals surface area contributed by atoms with Gasteiger partial charge in [0.25, 0.3) is 0 Å². The molecule has 0 aromatic heterocycles. The van der Waals surface area contributed by atoms with Crippen molar-refractivity contribution in [2.24, 2.45) is 5.92 Å². The van der Waals surface area contributed by atoms with Crippen LogP contribution in [-0.2, 0) is 0 Å². The predicted molar refractivity (Wildman–Crippen MR) is 45.8 cm³/mol. The molecule has 0 bridgehead atoms. The van der Waals surface area contributed by atoms with Gasteiger partial charge in [-0.15, -0.1) is 0 Å². The van der Waals surface area contributed by atoms with Crippen molar-refractivity contribution >= 4 is 0 Å². The molecule has 0 N–H and O–H groups in total. The SMILES string of the molecule is C[C]1CCCCCCC1C. The minimum atomic E-state index is 0.903. The van der Waals surface area contributed by atoms with E-state index in [0.717, 1.165) is 5.92 Å². The van der Waals surface area contributed by atoms with E-state index < -0.39 is 0 Å². The third-order valence-electron chi connectivity index (χ3n) is 2.80. The fraction of sp³-hybridized carbons (Fsp3) is 0.900. The quantitative estimate of drug-likeness (QED) is 0.481. The van der Waals surface area contributed by atoms with E-state index in [4.69, 9.17) is 0 Å². The highest BCUT2D eigenvalue weighted by Gasteiger charge is 2.13. The van der Waals surface area contributed by atoms with E-state index in [2.05, 4.69) is 13.8 Å². The molecule has 0 aliphatic heterocycles. The lowest BCUT2D eigenvalue weighted by Crippen LogP contribution is -2.07. The third-order valence-corrected chi connectivity index (χ3v) is 2.80. The summed E-state index contributed by atoms with van der Waals surface area (Å²) < 4.78 is 0. The second kappa shape index (κ2) is 4.00. The molecule has 59 valence electrons. The molecular formula is C10H19. The van der Waals surface area contributed by atoms with Gasteiger partial charge in [-0.2, -0.15) is 0 Å². The summed E-state index contributed by atoms with van der Waals surface area (Å²) in [5.41, 5.74) is 0. The summed E-state index contributed by atoms with van der Waals surface area (Å²) in [5.74, 6) is 2.64. The molecule has 1 fully saturated rings. The first-order valence-corrected chi connectivity index (χ1v) is 4.63. The lowest BCUT2D eigenvalue weighted by molar-refractivity contribution is 0.437. The summed E-state index contributed by atoms with van der Waals surface area (Å²) in [6, 6.07) is 0. The largest absolute Gasteiger partial charge is 0.0620 e. The average molecular weight is 139 g/mol. The Balaban J connectivity index is 2.28. The molecule has 0 nitrogen and oxygen atoms in total. The molecule has 0 saturated heterocycles.